The van der Waals surface area contributed by atoms with Gasteiger partial charge in [-0.3, -0.25) is 14.9 Å². The molecule has 0 bridgehead atoms. The van der Waals surface area contributed by atoms with Crippen molar-refractivity contribution in [3.63, 3.8) is 0 Å². The molecule has 2 aromatic rings. The predicted molar refractivity (Wildman–Crippen MR) is 78.0 cm³/mol. The van der Waals surface area contributed by atoms with Crippen LogP contribution in [0.15, 0.2) is 27.9 Å². The number of thioether (sulfide) groups is 1. The van der Waals surface area contributed by atoms with Gasteiger partial charge < -0.3 is 5.73 Å². The zero-order valence-electron chi connectivity index (χ0n) is 10.5. The number of amides is 1. The van der Waals surface area contributed by atoms with Gasteiger partial charge in [-0.2, -0.15) is 0 Å². The Balaban J connectivity index is 2.22. The van der Waals surface area contributed by atoms with Crippen molar-refractivity contribution in [3.05, 3.63) is 50.5 Å². The highest BCUT2D eigenvalue weighted by atomic mass is 32.2. The maximum Gasteiger partial charge on any atom is 0.274 e. The third kappa shape index (κ3) is 3.34. The molecule has 8 heteroatoms. The molecular formula is C12H11N3O3S2. The molecule has 0 aliphatic rings. The number of nitrogens with zero attached hydrogens (tertiary/aromatic N) is 2. The lowest BCUT2D eigenvalue weighted by molar-refractivity contribution is -0.385. The first-order valence-electron chi connectivity index (χ1n) is 5.59. The minimum absolute atomic E-state index is 0.0953. The third-order valence-corrected chi connectivity index (χ3v) is 4.70. The van der Waals surface area contributed by atoms with Crippen LogP contribution in [0, 0.1) is 17.0 Å². The quantitative estimate of drug-likeness (QED) is 0.520. The lowest BCUT2D eigenvalue weighted by atomic mass is 10.1. The second-order valence-corrected chi connectivity index (χ2v) is 6.09. The molecule has 1 amide bonds. The van der Waals surface area contributed by atoms with Gasteiger partial charge in [0.25, 0.3) is 5.69 Å². The van der Waals surface area contributed by atoms with Crippen LogP contribution in [0.5, 0.6) is 0 Å². The van der Waals surface area contributed by atoms with Crippen molar-refractivity contribution in [3.8, 4) is 0 Å². The van der Waals surface area contributed by atoms with Crippen LogP contribution in [-0.4, -0.2) is 15.8 Å². The average molecular weight is 309 g/mol. The van der Waals surface area contributed by atoms with Crippen molar-refractivity contribution in [2.24, 2.45) is 5.73 Å². The molecule has 2 rings (SSSR count). The SMILES string of the molecule is Cc1csc(SCc2ccc(C(N)=O)cc2[N+](=O)[O-])n1. The van der Waals surface area contributed by atoms with Crippen molar-refractivity contribution < 1.29 is 9.72 Å². The Labute approximate surface area is 123 Å². The van der Waals surface area contributed by atoms with Gasteiger partial charge in [0.15, 0.2) is 0 Å². The van der Waals surface area contributed by atoms with Gasteiger partial charge >= 0.3 is 0 Å². The molecule has 2 N–H and O–H groups in total. The second kappa shape index (κ2) is 6.02. The Hall–Kier alpha value is -1.93. The molecule has 0 atom stereocenters. The zero-order chi connectivity index (χ0) is 14.7. The van der Waals surface area contributed by atoms with Gasteiger partial charge in [-0.1, -0.05) is 17.8 Å². The number of aromatic nitrogens is 1. The first kappa shape index (κ1) is 14.5. The predicted octanol–water partition coefficient (Wildman–Crippen LogP) is 2.75. The number of rotatable bonds is 5. The molecule has 20 heavy (non-hydrogen) atoms. The van der Waals surface area contributed by atoms with Crippen molar-refractivity contribution in [1.29, 1.82) is 0 Å². The lowest BCUT2D eigenvalue weighted by Gasteiger charge is -2.03. The van der Waals surface area contributed by atoms with Gasteiger partial charge in [0.1, 0.15) is 4.34 Å². The minimum atomic E-state index is -0.678. The molecule has 0 unspecified atom stereocenters. The highest BCUT2D eigenvalue weighted by molar-refractivity contribution is 8.00. The summed E-state index contributed by atoms with van der Waals surface area (Å²) < 4.78 is 0.857. The number of carbonyl (C=O) groups is 1. The fourth-order valence-electron chi connectivity index (χ4n) is 1.55. The summed E-state index contributed by atoms with van der Waals surface area (Å²) in [5.41, 5.74) is 6.63. The normalized spacial score (nSPS) is 10.4. The molecule has 0 radical (unpaired) electrons. The number of nitrogens with two attached hydrogens (primary N) is 1. The molecule has 1 aromatic heterocycles. The van der Waals surface area contributed by atoms with E-state index in [9.17, 15) is 14.9 Å². The number of nitro groups is 1. The van der Waals surface area contributed by atoms with Crippen LogP contribution in [0.25, 0.3) is 0 Å². The van der Waals surface area contributed by atoms with E-state index in [1.165, 1.54) is 35.2 Å². The Kier molecular flexibility index (Phi) is 4.35. The summed E-state index contributed by atoms with van der Waals surface area (Å²) >= 11 is 2.93. The second-order valence-electron chi connectivity index (χ2n) is 4.01. The molecule has 104 valence electrons. The highest BCUT2D eigenvalue weighted by Gasteiger charge is 2.17. The number of benzene rings is 1. The number of nitro benzene ring substituents is 1. The van der Waals surface area contributed by atoms with Crippen molar-refractivity contribution >= 4 is 34.7 Å². The monoisotopic (exact) mass is 309 g/mol. The topological polar surface area (TPSA) is 99.1 Å². The summed E-state index contributed by atoms with van der Waals surface area (Å²) in [7, 11) is 0. The van der Waals surface area contributed by atoms with Gasteiger partial charge in [-0.05, 0) is 13.0 Å². The number of hydrogen-bond acceptors (Lipinski definition) is 6. The molecule has 1 aromatic carbocycles. The number of thiazole rings is 1. The van der Waals surface area contributed by atoms with Crippen LogP contribution in [-0.2, 0) is 5.75 Å². The third-order valence-electron chi connectivity index (χ3n) is 2.52. The van der Waals surface area contributed by atoms with Crippen LogP contribution in [0.1, 0.15) is 21.6 Å². The van der Waals surface area contributed by atoms with E-state index in [1.807, 2.05) is 12.3 Å². The maximum atomic E-state index is 11.1. The molecule has 6 nitrogen and oxygen atoms in total. The largest absolute Gasteiger partial charge is 0.366 e. The fourth-order valence-corrected chi connectivity index (χ4v) is 3.39. The van der Waals surface area contributed by atoms with Crippen LogP contribution >= 0.6 is 23.1 Å². The zero-order valence-corrected chi connectivity index (χ0v) is 12.2. The molecule has 0 fully saturated rings. The molecule has 0 saturated heterocycles. The number of hydrogen-bond donors (Lipinski definition) is 1. The van der Waals surface area contributed by atoms with Crippen molar-refractivity contribution in [1.82, 2.24) is 4.98 Å². The smallest absolute Gasteiger partial charge is 0.274 e. The summed E-state index contributed by atoms with van der Waals surface area (Å²) in [4.78, 5) is 25.9. The van der Waals surface area contributed by atoms with E-state index in [0.717, 1.165) is 10.0 Å². The standard InChI is InChI=1S/C12H11N3O3S2/c1-7-5-19-12(14-7)20-6-9-3-2-8(11(13)16)4-10(9)15(17)18/h2-5H,6H2,1H3,(H2,13,16). The van der Waals surface area contributed by atoms with E-state index in [4.69, 9.17) is 5.73 Å². The van der Waals surface area contributed by atoms with Crippen LogP contribution in [0.3, 0.4) is 0 Å². The van der Waals surface area contributed by atoms with E-state index in [2.05, 4.69) is 4.98 Å². The van der Waals surface area contributed by atoms with Crippen LogP contribution in [0.4, 0.5) is 5.69 Å². The highest BCUT2D eigenvalue weighted by Crippen LogP contribution is 2.30. The van der Waals surface area contributed by atoms with Gasteiger partial charge in [0.05, 0.1) is 4.92 Å². The number of carbonyl (C=O) groups excluding carboxylic acids is 1. The molecule has 0 saturated carbocycles. The van der Waals surface area contributed by atoms with Crippen molar-refractivity contribution in [2.75, 3.05) is 0 Å². The van der Waals surface area contributed by atoms with Crippen LogP contribution < -0.4 is 5.73 Å². The van der Waals surface area contributed by atoms with E-state index < -0.39 is 10.8 Å². The first-order valence-corrected chi connectivity index (χ1v) is 7.46. The van der Waals surface area contributed by atoms with Gasteiger partial charge in [-0.25, -0.2) is 4.98 Å². The Morgan fingerprint density at radius 1 is 1.55 bits per heavy atom. The average Bonchev–Trinajstić information content (AvgIpc) is 2.81. The van der Waals surface area contributed by atoms with Gasteiger partial charge in [0.2, 0.25) is 5.91 Å². The molecule has 1 heterocycles. The van der Waals surface area contributed by atoms with Gasteiger partial charge in [0, 0.05) is 34.0 Å². The number of aryl methyl sites for hydroxylation is 1. The summed E-state index contributed by atoms with van der Waals surface area (Å²) in [6.07, 6.45) is 0. The summed E-state index contributed by atoms with van der Waals surface area (Å²) in [5.74, 6) is -0.259. The van der Waals surface area contributed by atoms with E-state index in [1.54, 1.807) is 6.07 Å². The first-order chi connectivity index (χ1) is 9.47. The van der Waals surface area contributed by atoms with E-state index >= 15 is 0 Å². The van der Waals surface area contributed by atoms with Gasteiger partial charge in [-0.15, -0.1) is 11.3 Å². The number of primary amides is 1. The Bertz CT molecular complexity index is 670. The fraction of sp³-hybridized carbons (Fsp3) is 0.167. The summed E-state index contributed by atoms with van der Waals surface area (Å²) in [5, 5.41) is 13.0. The van der Waals surface area contributed by atoms with E-state index in [0.29, 0.717) is 11.3 Å². The lowest BCUT2D eigenvalue weighted by Crippen LogP contribution is -2.11. The minimum Gasteiger partial charge on any atom is -0.366 e. The summed E-state index contributed by atoms with van der Waals surface area (Å²) in [6, 6.07) is 4.27. The molecule has 0 aliphatic heterocycles. The molecule has 0 aliphatic carbocycles. The van der Waals surface area contributed by atoms with Crippen LogP contribution in [0.2, 0.25) is 0 Å². The Morgan fingerprint density at radius 2 is 2.30 bits per heavy atom. The maximum absolute atomic E-state index is 11.1. The molecule has 0 spiro atoms. The Morgan fingerprint density at radius 3 is 2.85 bits per heavy atom. The summed E-state index contributed by atoms with van der Waals surface area (Å²) in [6.45, 7) is 1.89. The van der Waals surface area contributed by atoms with E-state index in [-0.39, 0.29) is 11.3 Å². The van der Waals surface area contributed by atoms with Crippen molar-refractivity contribution in [2.45, 2.75) is 17.0 Å². The molecular weight excluding hydrogens is 298 g/mol.